The van der Waals surface area contributed by atoms with Gasteiger partial charge in [0.2, 0.25) is 0 Å². The first-order valence-electron chi connectivity index (χ1n) is 6.22. The molecule has 0 fully saturated rings. The molecule has 1 N–H and O–H groups in total. The fourth-order valence-corrected chi connectivity index (χ4v) is 2.43. The van der Waals surface area contributed by atoms with Crippen molar-refractivity contribution in [2.24, 2.45) is 0 Å². The fourth-order valence-electron chi connectivity index (χ4n) is 2.43. The summed E-state index contributed by atoms with van der Waals surface area (Å²) in [6.45, 7) is 2.63. The fraction of sp³-hybridized carbons (Fsp3) is 0.571. The van der Waals surface area contributed by atoms with Gasteiger partial charge in [-0.05, 0) is 37.4 Å². The van der Waals surface area contributed by atoms with Gasteiger partial charge in [-0.1, -0.05) is 24.3 Å². The van der Waals surface area contributed by atoms with Gasteiger partial charge in [0.25, 0.3) is 0 Å². The van der Waals surface area contributed by atoms with E-state index in [1.165, 1.54) is 30.4 Å². The molecule has 0 amide bonds. The van der Waals surface area contributed by atoms with Gasteiger partial charge in [0.15, 0.2) is 0 Å². The quantitative estimate of drug-likeness (QED) is 0.768. The number of hydrogen-bond acceptors (Lipinski definition) is 2. The zero-order chi connectivity index (χ0) is 11.2. The van der Waals surface area contributed by atoms with E-state index in [9.17, 15) is 0 Å². The minimum absolute atomic E-state index is 0.613. The Morgan fingerprint density at radius 1 is 1.38 bits per heavy atom. The van der Waals surface area contributed by atoms with Crippen LogP contribution in [0.5, 0.6) is 0 Å². The molecule has 1 aliphatic rings. The van der Waals surface area contributed by atoms with Crippen LogP contribution in [-0.4, -0.2) is 26.8 Å². The average Bonchev–Trinajstić information content (AvgIpc) is 2.35. The summed E-state index contributed by atoms with van der Waals surface area (Å²) in [6, 6.07) is 8.81. The molecule has 1 aromatic rings. The van der Waals surface area contributed by atoms with Crippen LogP contribution in [0.15, 0.2) is 24.3 Å². The Morgan fingerprint density at radius 2 is 2.25 bits per heavy atom. The second-order valence-electron chi connectivity index (χ2n) is 4.47. The van der Waals surface area contributed by atoms with Crippen molar-refractivity contribution in [3.05, 3.63) is 35.4 Å². The number of nitrogens with one attached hydrogen (secondary N) is 1. The molecular formula is C14H21NO. The molecule has 16 heavy (non-hydrogen) atoms. The Hall–Kier alpha value is -0.860. The van der Waals surface area contributed by atoms with Crippen LogP contribution >= 0.6 is 0 Å². The molecule has 0 aliphatic heterocycles. The first-order chi connectivity index (χ1) is 7.92. The van der Waals surface area contributed by atoms with Crippen molar-refractivity contribution >= 4 is 0 Å². The molecule has 2 heteroatoms. The van der Waals surface area contributed by atoms with E-state index in [2.05, 4.69) is 29.6 Å². The zero-order valence-electron chi connectivity index (χ0n) is 10.0. The predicted molar refractivity (Wildman–Crippen MR) is 66.9 cm³/mol. The lowest BCUT2D eigenvalue weighted by Crippen LogP contribution is -2.19. The van der Waals surface area contributed by atoms with E-state index < -0.39 is 0 Å². The molecule has 1 unspecified atom stereocenters. The van der Waals surface area contributed by atoms with Crippen molar-refractivity contribution in [1.29, 1.82) is 0 Å². The highest BCUT2D eigenvalue weighted by atomic mass is 16.5. The van der Waals surface area contributed by atoms with Crippen LogP contribution in [0.2, 0.25) is 0 Å². The molecule has 0 radical (unpaired) electrons. The SMILES string of the molecule is CNCCOCC1CCCc2ccccc21. The molecule has 1 aliphatic carbocycles. The topological polar surface area (TPSA) is 21.3 Å². The number of likely N-dealkylation sites (N-methyl/N-ethyl adjacent to an activating group) is 1. The smallest absolute Gasteiger partial charge is 0.0591 e. The summed E-state index contributed by atoms with van der Waals surface area (Å²) >= 11 is 0. The summed E-state index contributed by atoms with van der Waals surface area (Å²) in [5, 5.41) is 3.10. The molecule has 0 heterocycles. The number of ether oxygens (including phenoxy) is 1. The lowest BCUT2D eigenvalue weighted by Gasteiger charge is -2.25. The first kappa shape index (κ1) is 11.6. The van der Waals surface area contributed by atoms with Crippen molar-refractivity contribution in [2.45, 2.75) is 25.2 Å². The van der Waals surface area contributed by atoms with Gasteiger partial charge < -0.3 is 10.1 Å². The number of hydrogen-bond donors (Lipinski definition) is 1. The number of fused-ring (bicyclic) bond motifs is 1. The van der Waals surface area contributed by atoms with Crippen molar-refractivity contribution in [3.8, 4) is 0 Å². The van der Waals surface area contributed by atoms with E-state index in [-0.39, 0.29) is 0 Å². The molecule has 0 spiro atoms. The van der Waals surface area contributed by atoms with Gasteiger partial charge in [0, 0.05) is 12.5 Å². The number of rotatable bonds is 5. The molecule has 0 saturated heterocycles. The summed E-state index contributed by atoms with van der Waals surface area (Å²) in [4.78, 5) is 0. The molecule has 1 atom stereocenters. The summed E-state index contributed by atoms with van der Waals surface area (Å²) in [6.07, 6.45) is 3.82. The largest absolute Gasteiger partial charge is 0.379 e. The summed E-state index contributed by atoms with van der Waals surface area (Å²) < 4.78 is 5.71. The summed E-state index contributed by atoms with van der Waals surface area (Å²) in [5.41, 5.74) is 3.04. The monoisotopic (exact) mass is 219 g/mol. The lowest BCUT2D eigenvalue weighted by molar-refractivity contribution is 0.118. The number of aryl methyl sites for hydroxylation is 1. The van der Waals surface area contributed by atoms with Crippen molar-refractivity contribution < 1.29 is 4.74 Å². The van der Waals surface area contributed by atoms with Crippen LogP contribution in [0.4, 0.5) is 0 Å². The van der Waals surface area contributed by atoms with Crippen molar-refractivity contribution in [3.63, 3.8) is 0 Å². The molecule has 0 aromatic heterocycles. The van der Waals surface area contributed by atoms with Gasteiger partial charge in [-0.15, -0.1) is 0 Å². The number of benzene rings is 1. The molecule has 2 nitrogen and oxygen atoms in total. The molecular weight excluding hydrogens is 198 g/mol. The van der Waals surface area contributed by atoms with Gasteiger partial charge >= 0.3 is 0 Å². The van der Waals surface area contributed by atoms with Gasteiger partial charge in [0.1, 0.15) is 0 Å². The maximum absolute atomic E-state index is 5.71. The van der Waals surface area contributed by atoms with E-state index in [1.54, 1.807) is 0 Å². The Bertz CT molecular complexity index is 324. The van der Waals surface area contributed by atoms with E-state index in [0.29, 0.717) is 5.92 Å². The van der Waals surface area contributed by atoms with E-state index in [4.69, 9.17) is 4.74 Å². The normalized spacial score (nSPS) is 19.4. The third-order valence-corrected chi connectivity index (χ3v) is 3.31. The highest BCUT2D eigenvalue weighted by Crippen LogP contribution is 2.31. The maximum atomic E-state index is 5.71. The van der Waals surface area contributed by atoms with Crippen LogP contribution in [0.3, 0.4) is 0 Å². The van der Waals surface area contributed by atoms with Crippen molar-refractivity contribution in [2.75, 3.05) is 26.8 Å². The van der Waals surface area contributed by atoms with Crippen LogP contribution < -0.4 is 5.32 Å². The molecule has 1 aromatic carbocycles. The third kappa shape index (κ3) is 2.83. The first-order valence-corrected chi connectivity index (χ1v) is 6.22. The van der Waals surface area contributed by atoms with E-state index in [1.807, 2.05) is 7.05 Å². The van der Waals surface area contributed by atoms with Gasteiger partial charge in [-0.3, -0.25) is 0 Å². The summed E-state index contributed by atoms with van der Waals surface area (Å²) in [7, 11) is 1.96. The van der Waals surface area contributed by atoms with Gasteiger partial charge in [0.05, 0.1) is 13.2 Å². The predicted octanol–water partition coefficient (Wildman–Crippen LogP) is 2.34. The standard InChI is InChI=1S/C14H21NO/c1-15-9-10-16-11-13-7-4-6-12-5-2-3-8-14(12)13/h2-3,5,8,13,15H,4,6-7,9-11H2,1H3. The molecule has 0 bridgehead atoms. The van der Waals surface area contributed by atoms with Crippen LogP contribution in [0.1, 0.15) is 29.9 Å². The summed E-state index contributed by atoms with van der Waals surface area (Å²) in [5.74, 6) is 0.613. The minimum Gasteiger partial charge on any atom is -0.379 e. The van der Waals surface area contributed by atoms with Gasteiger partial charge in [-0.25, -0.2) is 0 Å². The third-order valence-electron chi connectivity index (χ3n) is 3.31. The molecule has 88 valence electrons. The highest BCUT2D eigenvalue weighted by Gasteiger charge is 2.19. The molecule has 2 rings (SSSR count). The minimum atomic E-state index is 0.613. The van der Waals surface area contributed by atoms with Crippen LogP contribution in [0.25, 0.3) is 0 Å². The van der Waals surface area contributed by atoms with Crippen molar-refractivity contribution in [1.82, 2.24) is 5.32 Å². The molecule has 0 saturated carbocycles. The highest BCUT2D eigenvalue weighted by molar-refractivity contribution is 5.32. The Kier molecular flexibility index (Phi) is 4.37. The van der Waals surface area contributed by atoms with Crippen LogP contribution in [-0.2, 0) is 11.2 Å². The second kappa shape index (κ2) is 6.02. The van der Waals surface area contributed by atoms with Crippen LogP contribution in [0, 0.1) is 0 Å². The van der Waals surface area contributed by atoms with Gasteiger partial charge in [-0.2, -0.15) is 0 Å². The Balaban J connectivity index is 1.91. The zero-order valence-corrected chi connectivity index (χ0v) is 10.0. The Morgan fingerprint density at radius 3 is 3.12 bits per heavy atom. The average molecular weight is 219 g/mol. The van der Waals surface area contributed by atoms with E-state index >= 15 is 0 Å². The second-order valence-corrected chi connectivity index (χ2v) is 4.47. The lowest BCUT2D eigenvalue weighted by atomic mass is 9.83. The maximum Gasteiger partial charge on any atom is 0.0591 e. The van der Waals surface area contributed by atoms with E-state index in [0.717, 1.165) is 19.8 Å². The Labute approximate surface area is 98.0 Å².